The zero-order chi connectivity index (χ0) is 21.0. The van der Waals surface area contributed by atoms with Crippen LogP contribution in [0, 0.1) is 0 Å². The topological polar surface area (TPSA) is 69.3 Å². The molecule has 2 aromatic carbocycles. The third-order valence-corrected chi connectivity index (χ3v) is 6.11. The van der Waals surface area contributed by atoms with Crippen molar-refractivity contribution in [1.29, 1.82) is 0 Å². The lowest BCUT2D eigenvalue weighted by molar-refractivity contribution is 0.0900. The number of hydrogen-bond acceptors (Lipinski definition) is 5. The molecule has 2 unspecified atom stereocenters. The lowest BCUT2D eigenvalue weighted by Gasteiger charge is -2.33. The van der Waals surface area contributed by atoms with Gasteiger partial charge in [-0.1, -0.05) is 30.3 Å². The van der Waals surface area contributed by atoms with Crippen LogP contribution in [-0.4, -0.2) is 34.9 Å². The van der Waals surface area contributed by atoms with Gasteiger partial charge in [0.2, 0.25) is 0 Å². The number of pyridine rings is 1. The molecule has 0 saturated carbocycles. The van der Waals surface area contributed by atoms with Gasteiger partial charge in [0.1, 0.15) is 0 Å². The molecule has 0 spiro atoms. The van der Waals surface area contributed by atoms with Crippen molar-refractivity contribution in [2.24, 2.45) is 0 Å². The molecule has 1 aromatic heterocycles. The fourth-order valence-corrected chi connectivity index (χ4v) is 4.53. The summed E-state index contributed by atoms with van der Waals surface area (Å²) in [5, 5.41) is 3.27. The monoisotopic (exact) mass is 413 g/mol. The van der Waals surface area contributed by atoms with E-state index in [4.69, 9.17) is 0 Å². The van der Waals surface area contributed by atoms with Crippen molar-refractivity contribution in [2.45, 2.75) is 31.5 Å². The Bertz CT molecular complexity index is 1040. The third kappa shape index (κ3) is 4.45. The Labute approximate surface area is 182 Å². The first kappa shape index (κ1) is 19.7. The summed E-state index contributed by atoms with van der Waals surface area (Å²) >= 11 is 0. The maximum Gasteiger partial charge on any atom is 0.251 e. The van der Waals surface area contributed by atoms with Crippen LogP contribution < -0.4 is 16.2 Å². The summed E-state index contributed by atoms with van der Waals surface area (Å²) in [4.78, 5) is 19.6. The van der Waals surface area contributed by atoms with E-state index in [-0.39, 0.29) is 18.0 Å². The Morgan fingerprint density at radius 2 is 1.94 bits per heavy atom. The lowest BCUT2D eigenvalue weighted by Crippen LogP contribution is -2.47. The van der Waals surface area contributed by atoms with E-state index in [1.807, 2.05) is 36.4 Å². The highest BCUT2D eigenvalue weighted by Gasteiger charge is 2.26. The summed E-state index contributed by atoms with van der Waals surface area (Å²) < 4.78 is 0. The van der Waals surface area contributed by atoms with E-state index in [1.165, 1.54) is 5.56 Å². The summed E-state index contributed by atoms with van der Waals surface area (Å²) in [5.41, 5.74) is 11.7. The molecule has 3 heterocycles. The standard InChI is InChI=1S/C25H27N5O/c31-25(27-21-7-4-14-30(17-21)16-18-5-2-1-3-6-18)20-8-9-23-22(15-20)24(29-28-23)19-10-12-26-13-11-19/h1-3,5-6,8-13,15,21,24,28-29H,4,7,14,16-17H2,(H,27,31). The SMILES string of the molecule is O=C(NC1CCCN(Cc2ccccc2)C1)c1ccc2c(c1)C(c1ccncc1)NN2. The smallest absolute Gasteiger partial charge is 0.251 e. The molecule has 2 aliphatic rings. The molecule has 0 radical (unpaired) electrons. The molecule has 6 heteroatoms. The number of carbonyl (C=O) groups is 1. The van der Waals surface area contributed by atoms with Crippen LogP contribution in [0.2, 0.25) is 0 Å². The number of hydrazine groups is 1. The van der Waals surface area contributed by atoms with E-state index in [2.05, 4.69) is 50.3 Å². The third-order valence-electron chi connectivity index (χ3n) is 6.11. The van der Waals surface area contributed by atoms with Crippen molar-refractivity contribution in [3.05, 3.63) is 95.3 Å². The number of aromatic nitrogens is 1. The van der Waals surface area contributed by atoms with Gasteiger partial charge in [-0.25, -0.2) is 5.43 Å². The number of piperidine rings is 1. The fourth-order valence-electron chi connectivity index (χ4n) is 4.53. The second kappa shape index (κ2) is 8.88. The average molecular weight is 414 g/mol. The normalized spacial score (nSPS) is 20.6. The van der Waals surface area contributed by atoms with E-state index >= 15 is 0 Å². The van der Waals surface area contributed by atoms with Crippen LogP contribution in [0.5, 0.6) is 0 Å². The number of likely N-dealkylation sites (tertiary alicyclic amines) is 1. The van der Waals surface area contributed by atoms with Gasteiger partial charge in [0.05, 0.1) is 11.7 Å². The zero-order valence-electron chi connectivity index (χ0n) is 17.4. The van der Waals surface area contributed by atoms with Gasteiger partial charge in [-0.2, -0.15) is 0 Å². The predicted octanol–water partition coefficient (Wildman–Crippen LogP) is 3.50. The minimum atomic E-state index is -0.00487. The highest BCUT2D eigenvalue weighted by molar-refractivity contribution is 5.95. The molecule has 31 heavy (non-hydrogen) atoms. The Kier molecular flexibility index (Phi) is 5.65. The number of benzene rings is 2. The van der Waals surface area contributed by atoms with Crippen LogP contribution in [0.25, 0.3) is 0 Å². The second-order valence-corrected chi connectivity index (χ2v) is 8.32. The van der Waals surface area contributed by atoms with Crippen LogP contribution in [0.15, 0.2) is 73.1 Å². The molecule has 6 nitrogen and oxygen atoms in total. The summed E-state index contributed by atoms with van der Waals surface area (Å²) in [5.74, 6) is -0.00487. The summed E-state index contributed by atoms with van der Waals surface area (Å²) in [6.45, 7) is 2.89. The van der Waals surface area contributed by atoms with E-state index in [0.717, 1.165) is 49.3 Å². The Morgan fingerprint density at radius 1 is 1.10 bits per heavy atom. The number of hydrogen-bond donors (Lipinski definition) is 3. The number of anilines is 1. The predicted molar refractivity (Wildman–Crippen MR) is 121 cm³/mol. The molecule has 1 saturated heterocycles. The maximum absolute atomic E-state index is 13.0. The van der Waals surface area contributed by atoms with Crippen LogP contribution in [0.1, 0.15) is 45.9 Å². The lowest BCUT2D eigenvalue weighted by atomic mass is 9.97. The van der Waals surface area contributed by atoms with Crippen LogP contribution in [0.4, 0.5) is 5.69 Å². The van der Waals surface area contributed by atoms with Crippen molar-refractivity contribution >= 4 is 11.6 Å². The van der Waals surface area contributed by atoms with Crippen LogP contribution in [-0.2, 0) is 6.54 Å². The van der Waals surface area contributed by atoms with Gasteiger partial charge in [0.25, 0.3) is 5.91 Å². The van der Waals surface area contributed by atoms with Crippen LogP contribution in [0.3, 0.4) is 0 Å². The minimum absolute atomic E-state index is 0.00166. The molecule has 1 amide bonds. The second-order valence-electron chi connectivity index (χ2n) is 8.32. The van der Waals surface area contributed by atoms with Crippen molar-refractivity contribution in [3.8, 4) is 0 Å². The minimum Gasteiger partial charge on any atom is -0.348 e. The van der Waals surface area contributed by atoms with Crippen LogP contribution >= 0.6 is 0 Å². The summed E-state index contributed by atoms with van der Waals surface area (Å²) in [6, 6.07) is 20.5. The molecule has 158 valence electrons. The zero-order valence-corrected chi connectivity index (χ0v) is 17.4. The average Bonchev–Trinajstić information content (AvgIpc) is 3.24. The molecule has 5 rings (SSSR count). The molecule has 0 aliphatic carbocycles. The summed E-state index contributed by atoms with van der Waals surface area (Å²) in [7, 11) is 0. The Hall–Kier alpha value is -3.22. The first-order valence-corrected chi connectivity index (χ1v) is 10.9. The van der Waals surface area contributed by atoms with Gasteiger partial charge in [0, 0.05) is 42.7 Å². The van der Waals surface area contributed by atoms with Crippen molar-refractivity contribution in [3.63, 3.8) is 0 Å². The number of nitrogens with zero attached hydrogens (tertiary/aromatic N) is 2. The van der Waals surface area contributed by atoms with E-state index in [1.54, 1.807) is 12.4 Å². The molecule has 1 fully saturated rings. The number of fused-ring (bicyclic) bond motifs is 1. The molecular formula is C25H27N5O. The first-order chi connectivity index (χ1) is 15.3. The van der Waals surface area contributed by atoms with Gasteiger partial charge in [-0.15, -0.1) is 0 Å². The Balaban J connectivity index is 1.26. The number of carbonyl (C=O) groups excluding carboxylic acids is 1. The van der Waals surface area contributed by atoms with Gasteiger partial charge >= 0.3 is 0 Å². The number of nitrogens with one attached hydrogen (secondary N) is 3. The molecule has 2 atom stereocenters. The molecule has 2 aliphatic heterocycles. The largest absolute Gasteiger partial charge is 0.348 e. The maximum atomic E-state index is 13.0. The fraction of sp³-hybridized carbons (Fsp3) is 0.280. The molecule has 3 aromatic rings. The molecule has 0 bridgehead atoms. The van der Waals surface area contributed by atoms with Crippen molar-refractivity contribution < 1.29 is 4.79 Å². The van der Waals surface area contributed by atoms with Crippen molar-refractivity contribution in [1.82, 2.24) is 20.6 Å². The summed E-state index contributed by atoms with van der Waals surface area (Å²) in [6.07, 6.45) is 5.69. The van der Waals surface area contributed by atoms with E-state index in [9.17, 15) is 4.79 Å². The highest BCUT2D eigenvalue weighted by Crippen LogP contribution is 2.33. The van der Waals surface area contributed by atoms with Crippen molar-refractivity contribution in [2.75, 3.05) is 18.5 Å². The first-order valence-electron chi connectivity index (χ1n) is 10.9. The Morgan fingerprint density at radius 3 is 2.77 bits per heavy atom. The van der Waals surface area contributed by atoms with Gasteiger partial charge in [-0.05, 0) is 60.8 Å². The quantitative estimate of drug-likeness (QED) is 0.597. The molecule has 3 N–H and O–H groups in total. The number of rotatable bonds is 5. The van der Waals surface area contributed by atoms with Gasteiger partial charge < -0.3 is 10.7 Å². The highest BCUT2D eigenvalue weighted by atomic mass is 16.1. The van der Waals surface area contributed by atoms with E-state index < -0.39 is 0 Å². The van der Waals surface area contributed by atoms with Gasteiger partial charge in [0.15, 0.2) is 0 Å². The van der Waals surface area contributed by atoms with Gasteiger partial charge in [-0.3, -0.25) is 14.7 Å². The number of amides is 1. The molecular weight excluding hydrogens is 386 g/mol. The van der Waals surface area contributed by atoms with E-state index in [0.29, 0.717) is 5.56 Å².